The summed E-state index contributed by atoms with van der Waals surface area (Å²) in [7, 11) is 1.86. The molecule has 27 heavy (non-hydrogen) atoms. The van der Waals surface area contributed by atoms with Gasteiger partial charge < -0.3 is 14.8 Å². The van der Waals surface area contributed by atoms with Crippen LogP contribution in [0.4, 0.5) is 0 Å². The molecule has 4 saturated carbocycles. The predicted molar refractivity (Wildman–Crippen MR) is 98.2 cm³/mol. The fourth-order valence-electron chi connectivity index (χ4n) is 6.71. The van der Waals surface area contributed by atoms with Gasteiger partial charge in [-0.2, -0.15) is 0 Å². The van der Waals surface area contributed by atoms with E-state index in [0.717, 1.165) is 62.2 Å². The fraction of sp³-hybridized carbons (Fsp3) is 0.800. The van der Waals surface area contributed by atoms with Crippen LogP contribution < -0.4 is 5.32 Å². The number of carbonyl (C=O) groups excluding carboxylic acids is 2. The Morgan fingerprint density at radius 1 is 1.19 bits per heavy atom. The number of amides is 2. The van der Waals surface area contributed by atoms with Crippen LogP contribution >= 0.6 is 0 Å². The van der Waals surface area contributed by atoms with Gasteiger partial charge in [0.05, 0.1) is 12.0 Å². The molecular formula is C20H29N5O2. The summed E-state index contributed by atoms with van der Waals surface area (Å²) in [5, 5.41) is 10.8. The van der Waals surface area contributed by atoms with Crippen molar-refractivity contribution in [3.63, 3.8) is 0 Å². The van der Waals surface area contributed by atoms with Gasteiger partial charge in [0.1, 0.15) is 12.4 Å². The molecule has 146 valence electrons. The lowest BCUT2D eigenvalue weighted by Gasteiger charge is -2.56. The molecule has 7 heteroatoms. The van der Waals surface area contributed by atoms with Crippen LogP contribution in [0.15, 0.2) is 6.33 Å². The molecule has 1 saturated heterocycles. The van der Waals surface area contributed by atoms with Gasteiger partial charge in [0.25, 0.3) is 0 Å². The average Bonchev–Trinajstić information content (AvgIpc) is 3.27. The Hall–Kier alpha value is -1.92. The van der Waals surface area contributed by atoms with Crippen molar-refractivity contribution in [1.29, 1.82) is 0 Å². The number of nitrogens with one attached hydrogen (secondary N) is 1. The first-order chi connectivity index (χ1) is 13.0. The van der Waals surface area contributed by atoms with Crippen molar-refractivity contribution < 1.29 is 9.59 Å². The SMILES string of the molecule is Cn1cnnc1CNC(=O)C1CCCN1C(=O)C12CC3CC(CC(C3)C1)C2. The lowest BCUT2D eigenvalue weighted by molar-refractivity contribution is -0.160. The van der Waals surface area contributed by atoms with Crippen molar-refractivity contribution >= 4 is 11.8 Å². The molecule has 4 aliphatic carbocycles. The van der Waals surface area contributed by atoms with E-state index in [-0.39, 0.29) is 23.3 Å². The number of likely N-dealkylation sites (tertiary alicyclic amines) is 1. The fourth-order valence-corrected chi connectivity index (χ4v) is 6.71. The van der Waals surface area contributed by atoms with Crippen molar-refractivity contribution in [2.45, 2.75) is 64.0 Å². The van der Waals surface area contributed by atoms with Crippen molar-refractivity contribution in [2.24, 2.45) is 30.2 Å². The molecule has 1 aromatic rings. The zero-order valence-corrected chi connectivity index (χ0v) is 16.1. The zero-order chi connectivity index (χ0) is 18.6. The standard InChI is InChI=1S/C20H29N5O2/c1-24-12-22-23-17(24)11-21-18(26)16-3-2-4-25(16)19(27)20-8-13-5-14(9-20)7-15(6-13)10-20/h12-16H,2-11H2,1H3,(H,21,26). The highest BCUT2D eigenvalue weighted by molar-refractivity contribution is 5.91. The van der Waals surface area contributed by atoms with Crippen LogP contribution in [0.5, 0.6) is 0 Å². The van der Waals surface area contributed by atoms with Gasteiger partial charge in [-0.25, -0.2) is 0 Å². The van der Waals surface area contributed by atoms with E-state index in [1.807, 2.05) is 11.9 Å². The molecule has 7 nitrogen and oxygen atoms in total. The molecular weight excluding hydrogens is 342 g/mol. The molecule has 0 spiro atoms. The summed E-state index contributed by atoms with van der Waals surface area (Å²) in [5.74, 6) is 3.18. The molecule has 2 heterocycles. The third-order valence-corrected chi connectivity index (χ3v) is 7.53. The quantitative estimate of drug-likeness (QED) is 0.872. The molecule has 4 bridgehead atoms. The number of carbonyl (C=O) groups is 2. The van der Waals surface area contributed by atoms with E-state index in [0.29, 0.717) is 6.54 Å². The second-order valence-corrected chi connectivity index (χ2v) is 9.43. The van der Waals surface area contributed by atoms with E-state index in [1.54, 1.807) is 10.9 Å². The van der Waals surface area contributed by atoms with Gasteiger partial charge in [-0.05, 0) is 69.1 Å². The van der Waals surface area contributed by atoms with Crippen molar-refractivity contribution in [3.8, 4) is 0 Å². The largest absolute Gasteiger partial charge is 0.347 e. The second kappa shape index (κ2) is 6.31. The third-order valence-electron chi connectivity index (χ3n) is 7.53. The van der Waals surface area contributed by atoms with Crippen LogP contribution in [0, 0.1) is 23.2 Å². The minimum absolute atomic E-state index is 0.0476. The van der Waals surface area contributed by atoms with E-state index >= 15 is 0 Å². The van der Waals surface area contributed by atoms with Gasteiger partial charge in [0.2, 0.25) is 11.8 Å². The summed E-state index contributed by atoms with van der Waals surface area (Å²) in [6.45, 7) is 1.08. The van der Waals surface area contributed by atoms with Gasteiger partial charge in [0.15, 0.2) is 5.82 Å². The first-order valence-corrected chi connectivity index (χ1v) is 10.5. The molecule has 0 aromatic carbocycles. The molecule has 1 atom stereocenters. The summed E-state index contributed by atoms with van der Waals surface area (Å²) < 4.78 is 1.80. The smallest absolute Gasteiger partial charge is 0.243 e. The molecule has 1 N–H and O–H groups in total. The van der Waals surface area contributed by atoms with Crippen molar-refractivity contribution in [1.82, 2.24) is 25.0 Å². The summed E-state index contributed by atoms with van der Waals surface area (Å²) in [5.41, 5.74) is -0.165. The number of rotatable bonds is 4. The van der Waals surface area contributed by atoms with Crippen LogP contribution in [0.1, 0.15) is 57.2 Å². The number of nitrogens with zero attached hydrogens (tertiary/aromatic N) is 4. The molecule has 1 aromatic heterocycles. The lowest BCUT2D eigenvalue weighted by atomic mass is 9.49. The Morgan fingerprint density at radius 2 is 1.85 bits per heavy atom. The van der Waals surface area contributed by atoms with Gasteiger partial charge >= 0.3 is 0 Å². The van der Waals surface area contributed by atoms with Crippen LogP contribution in [-0.2, 0) is 23.2 Å². The topological polar surface area (TPSA) is 80.1 Å². The van der Waals surface area contributed by atoms with E-state index in [9.17, 15) is 9.59 Å². The minimum Gasteiger partial charge on any atom is -0.347 e. The second-order valence-electron chi connectivity index (χ2n) is 9.43. The number of aryl methyl sites for hydroxylation is 1. The Bertz CT molecular complexity index is 722. The summed E-state index contributed by atoms with van der Waals surface area (Å²) in [6, 6.07) is -0.321. The van der Waals surface area contributed by atoms with Gasteiger partial charge in [-0.1, -0.05) is 0 Å². The number of aromatic nitrogens is 3. The van der Waals surface area contributed by atoms with Gasteiger partial charge in [0, 0.05) is 13.6 Å². The molecule has 2 amide bonds. The van der Waals surface area contributed by atoms with Crippen LogP contribution in [0.25, 0.3) is 0 Å². The van der Waals surface area contributed by atoms with Crippen LogP contribution in [-0.4, -0.2) is 44.1 Å². The van der Waals surface area contributed by atoms with Crippen LogP contribution in [0.2, 0.25) is 0 Å². The van der Waals surface area contributed by atoms with E-state index in [2.05, 4.69) is 15.5 Å². The van der Waals surface area contributed by atoms with E-state index < -0.39 is 0 Å². The molecule has 5 fully saturated rings. The highest BCUT2D eigenvalue weighted by Crippen LogP contribution is 2.60. The van der Waals surface area contributed by atoms with E-state index in [4.69, 9.17) is 0 Å². The first-order valence-electron chi connectivity index (χ1n) is 10.5. The summed E-state index contributed by atoms with van der Waals surface area (Å²) >= 11 is 0. The lowest BCUT2D eigenvalue weighted by Crippen LogP contribution is -2.57. The average molecular weight is 371 g/mol. The highest BCUT2D eigenvalue weighted by Gasteiger charge is 2.56. The van der Waals surface area contributed by atoms with Gasteiger partial charge in [-0.15, -0.1) is 10.2 Å². The molecule has 0 radical (unpaired) electrons. The zero-order valence-electron chi connectivity index (χ0n) is 16.1. The first kappa shape index (κ1) is 17.2. The molecule has 5 aliphatic rings. The monoisotopic (exact) mass is 371 g/mol. The predicted octanol–water partition coefficient (Wildman–Crippen LogP) is 1.64. The molecule has 6 rings (SSSR count). The minimum atomic E-state index is -0.321. The third kappa shape index (κ3) is 2.86. The maximum absolute atomic E-state index is 13.6. The summed E-state index contributed by atoms with van der Waals surface area (Å²) in [6.07, 6.45) is 10.5. The van der Waals surface area contributed by atoms with Crippen molar-refractivity contribution in [3.05, 3.63) is 12.2 Å². The maximum Gasteiger partial charge on any atom is 0.243 e. The normalized spacial score (nSPS) is 37.0. The highest BCUT2D eigenvalue weighted by atomic mass is 16.2. The Morgan fingerprint density at radius 3 is 2.44 bits per heavy atom. The Labute approximate surface area is 159 Å². The van der Waals surface area contributed by atoms with Crippen LogP contribution in [0.3, 0.4) is 0 Å². The molecule has 1 unspecified atom stereocenters. The van der Waals surface area contributed by atoms with Gasteiger partial charge in [-0.3, -0.25) is 9.59 Å². The van der Waals surface area contributed by atoms with Crippen molar-refractivity contribution in [2.75, 3.05) is 6.54 Å². The number of hydrogen-bond donors (Lipinski definition) is 1. The van der Waals surface area contributed by atoms with E-state index in [1.165, 1.54) is 19.3 Å². The maximum atomic E-state index is 13.6. The number of hydrogen-bond acceptors (Lipinski definition) is 4. The molecule has 1 aliphatic heterocycles. The Kier molecular flexibility index (Phi) is 4.02. The summed E-state index contributed by atoms with van der Waals surface area (Å²) in [4.78, 5) is 28.4. The Balaban J connectivity index is 1.29.